The highest BCUT2D eigenvalue weighted by Gasteiger charge is 2.30. The minimum Gasteiger partial charge on any atom is -0.312 e. The molecule has 8 heteroatoms. The number of thiazole rings is 1. The Bertz CT molecular complexity index is 675. The third-order valence-electron chi connectivity index (χ3n) is 2.85. The van der Waals surface area contributed by atoms with Crippen molar-refractivity contribution in [1.82, 2.24) is 15.0 Å². The lowest BCUT2D eigenvalue weighted by atomic mass is 10.1. The maximum Gasteiger partial charge on any atom is 0.242 e. The van der Waals surface area contributed by atoms with Gasteiger partial charge < -0.3 is 5.32 Å². The number of rotatable bonds is 7. The number of hydrogen-bond donors (Lipinski definition) is 2. The SMILES string of the molecule is CCNCc1cc(S(=O)(=O)NC(C)(C)c2nccs2)cs1. The second-order valence-corrected chi connectivity index (χ2v) is 8.67. The summed E-state index contributed by atoms with van der Waals surface area (Å²) >= 11 is 2.88. The average Bonchev–Trinajstić information content (AvgIpc) is 3.06. The van der Waals surface area contributed by atoms with Gasteiger partial charge >= 0.3 is 0 Å². The van der Waals surface area contributed by atoms with Crippen LogP contribution in [0.3, 0.4) is 0 Å². The second-order valence-electron chi connectivity index (χ2n) is 5.10. The molecule has 5 nitrogen and oxygen atoms in total. The first kappa shape index (κ1) is 16.6. The first-order valence-electron chi connectivity index (χ1n) is 6.57. The fourth-order valence-electron chi connectivity index (χ4n) is 1.81. The van der Waals surface area contributed by atoms with Crippen molar-refractivity contribution < 1.29 is 8.42 Å². The van der Waals surface area contributed by atoms with Crippen LogP contribution in [0.1, 0.15) is 30.7 Å². The Labute approximate surface area is 133 Å². The van der Waals surface area contributed by atoms with E-state index >= 15 is 0 Å². The summed E-state index contributed by atoms with van der Waals surface area (Å²) in [6.07, 6.45) is 1.68. The second kappa shape index (κ2) is 6.53. The Kier molecular flexibility index (Phi) is 5.15. The zero-order valence-electron chi connectivity index (χ0n) is 12.2. The minimum absolute atomic E-state index is 0.310. The molecule has 0 aliphatic heterocycles. The summed E-state index contributed by atoms with van der Waals surface area (Å²) in [4.78, 5) is 5.51. The average molecular weight is 346 g/mol. The first-order chi connectivity index (χ1) is 9.85. The summed E-state index contributed by atoms with van der Waals surface area (Å²) < 4.78 is 27.7. The molecule has 0 aromatic carbocycles. The van der Waals surface area contributed by atoms with Gasteiger partial charge in [0.2, 0.25) is 10.0 Å². The van der Waals surface area contributed by atoms with E-state index < -0.39 is 15.6 Å². The molecule has 2 N–H and O–H groups in total. The van der Waals surface area contributed by atoms with E-state index in [0.717, 1.165) is 16.4 Å². The molecule has 0 fully saturated rings. The van der Waals surface area contributed by atoms with Gasteiger partial charge in [-0.2, -0.15) is 4.72 Å². The Hall–Kier alpha value is -0.800. The van der Waals surface area contributed by atoms with Crippen molar-refractivity contribution in [3.05, 3.63) is 32.9 Å². The fraction of sp³-hybridized carbons (Fsp3) is 0.462. The number of thiophene rings is 1. The maximum absolute atomic E-state index is 12.5. The number of nitrogens with zero attached hydrogens (tertiary/aromatic N) is 1. The lowest BCUT2D eigenvalue weighted by molar-refractivity contribution is 0.470. The third-order valence-corrected chi connectivity index (χ3v) is 6.66. The Morgan fingerprint density at radius 1 is 1.33 bits per heavy atom. The van der Waals surface area contributed by atoms with Crippen LogP contribution in [0.4, 0.5) is 0 Å². The molecular formula is C13H19N3O2S3. The summed E-state index contributed by atoms with van der Waals surface area (Å²) in [5.41, 5.74) is -0.725. The summed E-state index contributed by atoms with van der Waals surface area (Å²) in [6.45, 7) is 7.19. The van der Waals surface area contributed by atoms with E-state index in [-0.39, 0.29) is 0 Å². The van der Waals surface area contributed by atoms with Gasteiger partial charge in [-0.15, -0.1) is 22.7 Å². The van der Waals surface area contributed by atoms with Crippen molar-refractivity contribution in [2.75, 3.05) is 6.54 Å². The highest BCUT2D eigenvalue weighted by Crippen LogP contribution is 2.26. The number of sulfonamides is 1. The van der Waals surface area contributed by atoms with Crippen LogP contribution in [0, 0.1) is 0 Å². The molecule has 0 spiro atoms. The van der Waals surface area contributed by atoms with E-state index in [1.807, 2.05) is 26.2 Å². The molecule has 0 radical (unpaired) electrons. The maximum atomic E-state index is 12.5. The van der Waals surface area contributed by atoms with Gasteiger partial charge in [0.25, 0.3) is 0 Å². The van der Waals surface area contributed by atoms with Crippen LogP contribution in [0.2, 0.25) is 0 Å². The van der Waals surface area contributed by atoms with E-state index in [2.05, 4.69) is 15.0 Å². The summed E-state index contributed by atoms with van der Waals surface area (Å²) in [6, 6.07) is 1.72. The third kappa shape index (κ3) is 4.10. The molecule has 0 amide bonds. The standard InChI is InChI=1S/C13H19N3O2S3/c1-4-14-8-10-7-11(9-20-10)21(17,18)16-13(2,3)12-15-5-6-19-12/h5-7,9,14,16H,4,8H2,1-3H3. The van der Waals surface area contributed by atoms with Crippen LogP contribution in [-0.4, -0.2) is 19.9 Å². The topological polar surface area (TPSA) is 71.1 Å². The van der Waals surface area contributed by atoms with Crippen molar-refractivity contribution in [3.63, 3.8) is 0 Å². The molecule has 0 saturated heterocycles. The monoisotopic (exact) mass is 345 g/mol. The molecule has 21 heavy (non-hydrogen) atoms. The van der Waals surface area contributed by atoms with Gasteiger partial charge in [-0.25, -0.2) is 13.4 Å². The molecule has 0 bridgehead atoms. The molecular weight excluding hydrogens is 326 g/mol. The highest BCUT2D eigenvalue weighted by atomic mass is 32.2. The zero-order valence-corrected chi connectivity index (χ0v) is 14.7. The predicted octanol–water partition coefficient (Wildman–Crippen LogP) is 2.53. The van der Waals surface area contributed by atoms with Crippen LogP contribution in [0.15, 0.2) is 27.9 Å². The lowest BCUT2D eigenvalue weighted by Crippen LogP contribution is -2.40. The van der Waals surface area contributed by atoms with E-state index in [0.29, 0.717) is 11.4 Å². The molecule has 116 valence electrons. The van der Waals surface area contributed by atoms with Crippen LogP contribution in [-0.2, 0) is 22.1 Å². The largest absolute Gasteiger partial charge is 0.312 e. The molecule has 0 saturated carbocycles. The molecule has 0 unspecified atom stereocenters. The molecule has 2 rings (SSSR count). The van der Waals surface area contributed by atoms with Crippen molar-refractivity contribution in [2.45, 2.75) is 37.8 Å². The first-order valence-corrected chi connectivity index (χ1v) is 9.81. The normalized spacial score (nSPS) is 12.7. The molecule has 0 aliphatic carbocycles. The molecule has 2 aromatic rings. The van der Waals surface area contributed by atoms with Crippen LogP contribution in [0.5, 0.6) is 0 Å². The quantitative estimate of drug-likeness (QED) is 0.809. The van der Waals surface area contributed by atoms with Gasteiger partial charge in [-0.05, 0) is 26.5 Å². The van der Waals surface area contributed by atoms with E-state index in [1.54, 1.807) is 17.6 Å². The smallest absolute Gasteiger partial charge is 0.242 e. The molecule has 0 aliphatic rings. The zero-order chi connectivity index (χ0) is 15.5. The van der Waals surface area contributed by atoms with Crippen molar-refractivity contribution in [2.24, 2.45) is 0 Å². The Balaban J connectivity index is 2.16. The van der Waals surface area contributed by atoms with Crippen molar-refractivity contribution in [1.29, 1.82) is 0 Å². The Morgan fingerprint density at radius 3 is 2.71 bits per heavy atom. The Morgan fingerprint density at radius 2 is 2.10 bits per heavy atom. The van der Waals surface area contributed by atoms with E-state index in [9.17, 15) is 8.42 Å². The minimum atomic E-state index is -3.55. The van der Waals surface area contributed by atoms with Gasteiger partial charge in [0.1, 0.15) is 5.01 Å². The van der Waals surface area contributed by atoms with Gasteiger partial charge in [0.05, 0.1) is 10.4 Å². The van der Waals surface area contributed by atoms with E-state index in [1.165, 1.54) is 22.7 Å². The predicted molar refractivity (Wildman–Crippen MR) is 87.2 cm³/mol. The van der Waals surface area contributed by atoms with E-state index in [4.69, 9.17) is 0 Å². The van der Waals surface area contributed by atoms with Crippen LogP contribution < -0.4 is 10.0 Å². The summed E-state index contributed by atoms with van der Waals surface area (Å²) in [7, 11) is -3.55. The van der Waals surface area contributed by atoms with Crippen molar-refractivity contribution >= 4 is 32.7 Å². The molecule has 2 aromatic heterocycles. The van der Waals surface area contributed by atoms with Crippen molar-refractivity contribution in [3.8, 4) is 0 Å². The van der Waals surface area contributed by atoms with Crippen LogP contribution in [0.25, 0.3) is 0 Å². The van der Waals surface area contributed by atoms with Gasteiger partial charge in [0, 0.05) is 28.4 Å². The molecule has 2 heterocycles. The fourth-order valence-corrected chi connectivity index (χ4v) is 5.22. The number of aromatic nitrogens is 1. The summed E-state index contributed by atoms with van der Waals surface area (Å²) in [5.74, 6) is 0. The number of nitrogens with one attached hydrogen (secondary N) is 2. The summed E-state index contributed by atoms with van der Waals surface area (Å²) in [5, 5.41) is 7.44. The lowest BCUT2D eigenvalue weighted by Gasteiger charge is -2.23. The van der Waals surface area contributed by atoms with Gasteiger partial charge in [0.15, 0.2) is 0 Å². The molecule has 0 atom stereocenters. The number of hydrogen-bond acceptors (Lipinski definition) is 6. The highest BCUT2D eigenvalue weighted by molar-refractivity contribution is 7.89. The van der Waals surface area contributed by atoms with Crippen LogP contribution >= 0.6 is 22.7 Å². The van der Waals surface area contributed by atoms with Gasteiger partial charge in [-0.1, -0.05) is 6.92 Å². The van der Waals surface area contributed by atoms with Gasteiger partial charge in [-0.3, -0.25) is 0 Å².